The average molecular weight is 376 g/mol. The molecule has 6 heteroatoms. The summed E-state index contributed by atoms with van der Waals surface area (Å²) in [5, 5.41) is 9.32. The number of amides is 1. The number of nitrogens with zero attached hydrogens (tertiary/aromatic N) is 1. The zero-order chi connectivity index (χ0) is 18.6. The van der Waals surface area contributed by atoms with Gasteiger partial charge in [0, 0.05) is 24.3 Å². The van der Waals surface area contributed by atoms with Gasteiger partial charge in [0.15, 0.2) is 0 Å². The maximum absolute atomic E-state index is 12.6. The summed E-state index contributed by atoms with van der Waals surface area (Å²) in [5.74, 6) is -0.0551. The Morgan fingerprint density at radius 2 is 2.04 bits per heavy atom. The van der Waals surface area contributed by atoms with Gasteiger partial charge >= 0.3 is 0 Å². The van der Waals surface area contributed by atoms with Crippen LogP contribution in [0.2, 0.25) is 0 Å². The molecule has 0 spiro atoms. The molecule has 0 aliphatic rings. The Labute approximate surface area is 161 Å². The van der Waals surface area contributed by atoms with Crippen molar-refractivity contribution in [3.63, 3.8) is 0 Å². The summed E-state index contributed by atoms with van der Waals surface area (Å²) < 4.78 is 0. The fraction of sp³-hybridized carbons (Fsp3) is 0.143. The Hall–Kier alpha value is -3.12. The third-order valence-corrected chi connectivity index (χ3v) is 5.46. The van der Waals surface area contributed by atoms with E-state index in [1.807, 2.05) is 41.9 Å². The zero-order valence-corrected chi connectivity index (χ0v) is 15.8. The highest BCUT2D eigenvalue weighted by Gasteiger charge is 2.14. The number of anilines is 2. The largest absolute Gasteiger partial charge is 0.354 e. The van der Waals surface area contributed by atoms with Crippen LogP contribution in [0.3, 0.4) is 0 Å². The van der Waals surface area contributed by atoms with Crippen molar-refractivity contribution >= 4 is 39.7 Å². The van der Waals surface area contributed by atoms with Crippen LogP contribution in [0.15, 0.2) is 60.2 Å². The third kappa shape index (κ3) is 3.71. The molecule has 3 N–H and O–H groups in total. The van der Waals surface area contributed by atoms with Gasteiger partial charge < -0.3 is 15.6 Å². The predicted molar refractivity (Wildman–Crippen MR) is 111 cm³/mol. The molecule has 27 heavy (non-hydrogen) atoms. The molecule has 4 aromatic rings. The maximum atomic E-state index is 12.6. The van der Waals surface area contributed by atoms with Crippen molar-refractivity contribution in [3.8, 4) is 0 Å². The molecule has 0 aliphatic heterocycles. The summed E-state index contributed by atoms with van der Waals surface area (Å²) in [6, 6.07) is 14.1. The van der Waals surface area contributed by atoms with E-state index in [2.05, 4.69) is 39.7 Å². The Bertz CT molecular complexity index is 1080. The highest BCUT2D eigenvalue weighted by atomic mass is 32.1. The number of aromatic amines is 1. The van der Waals surface area contributed by atoms with E-state index < -0.39 is 0 Å². The van der Waals surface area contributed by atoms with E-state index in [4.69, 9.17) is 0 Å². The molecule has 0 radical (unpaired) electrons. The molecule has 0 unspecified atom stereocenters. The number of thiophene rings is 1. The van der Waals surface area contributed by atoms with Crippen molar-refractivity contribution in [2.75, 3.05) is 11.9 Å². The molecule has 0 fully saturated rings. The fourth-order valence-corrected chi connectivity index (χ4v) is 3.85. The van der Waals surface area contributed by atoms with Crippen LogP contribution in [-0.2, 0) is 6.42 Å². The van der Waals surface area contributed by atoms with E-state index in [-0.39, 0.29) is 5.91 Å². The monoisotopic (exact) mass is 376 g/mol. The third-order valence-electron chi connectivity index (χ3n) is 4.54. The Morgan fingerprint density at radius 3 is 2.93 bits per heavy atom. The minimum Gasteiger partial charge on any atom is -0.354 e. The van der Waals surface area contributed by atoms with Gasteiger partial charge in [-0.1, -0.05) is 24.3 Å². The lowest BCUT2D eigenvalue weighted by Gasteiger charge is -2.10. The number of carbonyl (C=O) groups is 1. The normalized spacial score (nSPS) is 10.9. The summed E-state index contributed by atoms with van der Waals surface area (Å²) in [7, 11) is 0. The lowest BCUT2D eigenvalue weighted by Crippen LogP contribution is -2.25. The van der Waals surface area contributed by atoms with Crippen LogP contribution < -0.4 is 10.6 Å². The first kappa shape index (κ1) is 17.3. The van der Waals surface area contributed by atoms with E-state index >= 15 is 0 Å². The number of fused-ring (bicyclic) bond motifs is 1. The van der Waals surface area contributed by atoms with Crippen LogP contribution in [0, 0.1) is 6.92 Å². The summed E-state index contributed by atoms with van der Waals surface area (Å²) in [4.78, 5) is 20.7. The van der Waals surface area contributed by atoms with Crippen LogP contribution >= 0.6 is 11.3 Å². The standard InChI is InChI=1S/C21H20N4OS/c1-14-4-2-3-5-15(14)6-10-24-21(26)19-18(9-13-27-19)25-17-8-12-23-20-16(17)7-11-22-20/h2-5,7-9,11-13H,6,10H2,1H3,(H,24,26)(H2,22,23,25). The molecule has 4 rings (SSSR count). The van der Waals surface area contributed by atoms with Gasteiger partial charge in [-0.3, -0.25) is 4.79 Å². The number of nitrogens with one attached hydrogen (secondary N) is 3. The number of aromatic nitrogens is 2. The molecule has 5 nitrogen and oxygen atoms in total. The van der Waals surface area contributed by atoms with Gasteiger partial charge in [-0.05, 0) is 48.1 Å². The second kappa shape index (κ2) is 7.63. The van der Waals surface area contributed by atoms with Crippen molar-refractivity contribution in [1.82, 2.24) is 15.3 Å². The summed E-state index contributed by atoms with van der Waals surface area (Å²) in [6.45, 7) is 2.70. The summed E-state index contributed by atoms with van der Waals surface area (Å²) >= 11 is 1.44. The molecule has 136 valence electrons. The molecule has 0 aliphatic carbocycles. The van der Waals surface area contributed by atoms with E-state index in [9.17, 15) is 4.79 Å². The smallest absolute Gasteiger partial charge is 0.263 e. The van der Waals surface area contributed by atoms with E-state index in [1.165, 1.54) is 22.5 Å². The summed E-state index contributed by atoms with van der Waals surface area (Å²) in [5.41, 5.74) is 5.06. The lowest BCUT2D eigenvalue weighted by molar-refractivity contribution is 0.0959. The number of pyridine rings is 1. The van der Waals surface area contributed by atoms with Gasteiger partial charge in [-0.2, -0.15) is 0 Å². The molecule has 3 aromatic heterocycles. The number of rotatable bonds is 6. The molecule has 0 saturated carbocycles. The number of carbonyl (C=O) groups excluding carboxylic acids is 1. The fourth-order valence-electron chi connectivity index (χ4n) is 3.08. The quantitative estimate of drug-likeness (QED) is 0.459. The second-order valence-corrected chi connectivity index (χ2v) is 7.24. The van der Waals surface area contributed by atoms with Gasteiger partial charge in [-0.25, -0.2) is 4.98 Å². The van der Waals surface area contributed by atoms with Gasteiger partial charge in [0.05, 0.1) is 11.4 Å². The number of benzene rings is 1. The van der Waals surface area contributed by atoms with E-state index in [0.29, 0.717) is 11.4 Å². The van der Waals surface area contributed by atoms with Crippen molar-refractivity contribution in [1.29, 1.82) is 0 Å². The molecule has 1 aromatic carbocycles. The molecule has 1 amide bonds. The highest BCUT2D eigenvalue weighted by molar-refractivity contribution is 7.12. The predicted octanol–water partition coefficient (Wildman–Crippen LogP) is 4.65. The van der Waals surface area contributed by atoms with Gasteiger partial charge in [0.25, 0.3) is 5.91 Å². The van der Waals surface area contributed by atoms with Crippen LogP contribution in [0.25, 0.3) is 11.0 Å². The van der Waals surface area contributed by atoms with Crippen LogP contribution in [0.5, 0.6) is 0 Å². The first-order valence-corrected chi connectivity index (χ1v) is 9.69. The zero-order valence-electron chi connectivity index (χ0n) is 15.0. The van der Waals surface area contributed by atoms with Crippen molar-refractivity contribution in [2.45, 2.75) is 13.3 Å². The Balaban J connectivity index is 1.44. The number of hydrogen-bond donors (Lipinski definition) is 3. The Kier molecular flexibility index (Phi) is 4.89. The van der Waals surface area contributed by atoms with Crippen molar-refractivity contribution in [3.05, 3.63) is 76.2 Å². The number of hydrogen-bond acceptors (Lipinski definition) is 4. The summed E-state index contributed by atoms with van der Waals surface area (Å²) in [6.07, 6.45) is 4.42. The van der Waals surface area contributed by atoms with Crippen LogP contribution in [0.4, 0.5) is 11.4 Å². The van der Waals surface area contributed by atoms with Gasteiger partial charge in [0.2, 0.25) is 0 Å². The van der Waals surface area contributed by atoms with Crippen LogP contribution in [0.1, 0.15) is 20.8 Å². The molecular weight excluding hydrogens is 356 g/mol. The highest BCUT2D eigenvalue weighted by Crippen LogP contribution is 2.29. The maximum Gasteiger partial charge on any atom is 0.263 e. The molecule has 0 saturated heterocycles. The van der Waals surface area contributed by atoms with Gasteiger partial charge in [0.1, 0.15) is 10.5 Å². The Morgan fingerprint density at radius 1 is 1.15 bits per heavy atom. The van der Waals surface area contributed by atoms with Crippen molar-refractivity contribution < 1.29 is 4.79 Å². The van der Waals surface area contributed by atoms with E-state index in [0.717, 1.165) is 28.8 Å². The SMILES string of the molecule is Cc1ccccc1CCNC(=O)c1sccc1Nc1ccnc2[nH]ccc12. The first-order valence-electron chi connectivity index (χ1n) is 8.81. The van der Waals surface area contributed by atoms with Crippen molar-refractivity contribution in [2.24, 2.45) is 0 Å². The molecule has 0 bridgehead atoms. The minimum atomic E-state index is -0.0551. The molecule has 0 atom stereocenters. The topological polar surface area (TPSA) is 69.8 Å². The number of aryl methyl sites for hydroxylation is 1. The average Bonchev–Trinajstić information content (AvgIpc) is 3.33. The number of H-pyrrole nitrogens is 1. The lowest BCUT2D eigenvalue weighted by atomic mass is 10.1. The molecular formula is C21H20N4OS. The van der Waals surface area contributed by atoms with E-state index in [1.54, 1.807) is 6.20 Å². The molecule has 3 heterocycles. The van der Waals surface area contributed by atoms with Gasteiger partial charge in [-0.15, -0.1) is 11.3 Å². The first-order chi connectivity index (χ1) is 13.2. The van der Waals surface area contributed by atoms with Crippen LogP contribution in [-0.4, -0.2) is 22.4 Å². The second-order valence-electron chi connectivity index (χ2n) is 6.32. The minimum absolute atomic E-state index is 0.0551.